The van der Waals surface area contributed by atoms with Crippen molar-refractivity contribution < 1.29 is 23.5 Å². The van der Waals surface area contributed by atoms with E-state index in [1.54, 1.807) is 31.4 Å². The molecule has 1 saturated heterocycles. The fraction of sp³-hybridized carbons (Fsp3) is 0.333. The Labute approximate surface area is 186 Å². The Kier molecular flexibility index (Phi) is 6.82. The van der Waals surface area contributed by atoms with E-state index in [1.165, 1.54) is 29.2 Å². The van der Waals surface area contributed by atoms with Crippen molar-refractivity contribution in [1.29, 1.82) is 0 Å². The molecule has 2 aliphatic rings. The first-order valence-electron chi connectivity index (χ1n) is 10.6. The first-order chi connectivity index (χ1) is 15.6. The van der Waals surface area contributed by atoms with Crippen LogP contribution in [-0.2, 0) is 14.3 Å². The number of imide groups is 1. The lowest BCUT2D eigenvalue weighted by atomic mass is 10.0. The van der Waals surface area contributed by atoms with Crippen molar-refractivity contribution in [3.8, 4) is 5.75 Å². The molecule has 0 radical (unpaired) electrons. The van der Waals surface area contributed by atoms with Crippen LogP contribution < -0.4 is 10.1 Å². The molecular formula is C24H26FN3O4. The standard InChI is InChI=1S/C24H26FN3O4/c1-31-20-9-7-19(8-10-20)26-22-21(17-3-5-18(25)6-4-17)23(29)28(24(22)30)12-2-11-27-13-15-32-16-14-27/h3-10,26H,2,11-16H2,1H3. The third-order valence-corrected chi connectivity index (χ3v) is 5.62. The summed E-state index contributed by atoms with van der Waals surface area (Å²) in [4.78, 5) is 30.0. The molecule has 0 aromatic heterocycles. The van der Waals surface area contributed by atoms with E-state index in [0.717, 1.165) is 19.6 Å². The van der Waals surface area contributed by atoms with Gasteiger partial charge in [0.05, 0.1) is 25.9 Å². The number of methoxy groups -OCH3 is 1. The molecule has 2 heterocycles. The number of anilines is 1. The van der Waals surface area contributed by atoms with Crippen LogP contribution in [0.2, 0.25) is 0 Å². The molecule has 0 atom stereocenters. The summed E-state index contributed by atoms with van der Waals surface area (Å²) in [5, 5.41) is 3.10. The number of halogens is 1. The van der Waals surface area contributed by atoms with E-state index >= 15 is 0 Å². The zero-order chi connectivity index (χ0) is 22.5. The second-order valence-electron chi connectivity index (χ2n) is 7.68. The SMILES string of the molecule is COc1ccc(NC2=C(c3ccc(F)cc3)C(=O)N(CCCN3CCOCC3)C2=O)cc1. The molecule has 0 unspecified atom stereocenters. The maximum Gasteiger partial charge on any atom is 0.278 e. The Morgan fingerprint density at radius 1 is 0.969 bits per heavy atom. The third-order valence-electron chi connectivity index (χ3n) is 5.62. The van der Waals surface area contributed by atoms with Crippen LogP contribution in [-0.4, -0.2) is 68.1 Å². The quantitative estimate of drug-likeness (QED) is 0.638. The van der Waals surface area contributed by atoms with Gasteiger partial charge in [0.1, 0.15) is 17.3 Å². The molecule has 168 valence electrons. The van der Waals surface area contributed by atoms with E-state index in [4.69, 9.17) is 9.47 Å². The number of morpholine rings is 1. The summed E-state index contributed by atoms with van der Waals surface area (Å²) >= 11 is 0. The largest absolute Gasteiger partial charge is 0.497 e. The summed E-state index contributed by atoms with van der Waals surface area (Å²) in [6, 6.07) is 12.7. The number of rotatable bonds is 8. The molecular weight excluding hydrogens is 413 g/mol. The van der Waals surface area contributed by atoms with Gasteiger partial charge in [0, 0.05) is 31.9 Å². The van der Waals surface area contributed by atoms with E-state index < -0.39 is 5.82 Å². The van der Waals surface area contributed by atoms with Crippen LogP contribution in [0.4, 0.5) is 10.1 Å². The van der Waals surface area contributed by atoms with E-state index in [-0.39, 0.29) is 23.1 Å². The predicted octanol–water partition coefficient (Wildman–Crippen LogP) is 2.75. The van der Waals surface area contributed by atoms with Crippen molar-refractivity contribution in [3.63, 3.8) is 0 Å². The van der Waals surface area contributed by atoms with Crippen molar-refractivity contribution in [2.75, 3.05) is 51.8 Å². The molecule has 2 aromatic carbocycles. The van der Waals surface area contributed by atoms with Crippen molar-refractivity contribution in [2.24, 2.45) is 0 Å². The molecule has 0 aliphatic carbocycles. The first kappa shape index (κ1) is 22.0. The van der Waals surface area contributed by atoms with Crippen molar-refractivity contribution in [3.05, 3.63) is 65.6 Å². The Hall–Kier alpha value is -3.23. The fourth-order valence-electron chi connectivity index (χ4n) is 3.88. The average Bonchev–Trinajstić information content (AvgIpc) is 3.05. The summed E-state index contributed by atoms with van der Waals surface area (Å²) in [5.41, 5.74) is 1.59. The molecule has 4 rings (SSSR count). The highest BCUT2D eigenvalue weighted by atomic mass is 19.1. The molecule has 2 amide bonds. The lowest BCUT2D eigenvalue weighted by Gasteiger charge is -2.27. The molecule has 32 heavy (non-hydrogen) atoms. The summed E-state index contributed by atoms with van der Waals surface area (Å²) in [7, 11) is 1.57. The van der Waals surface area contributed by atoms with Crippen molar-refractivity contribution in [1.82, 2.24) is 9.80 Å². The molecule has 1 N–H and O–H groups in total. The van der Waals surface area contributed by atoms with Crippen LogP contribution in [0.1, 0.15) is 12.0 Å². The van der Waals surface area contributed by atoms with Gasteiger partial charge >= 0.3 is 0 Å². The Morgan fingerprint density at radius 3 is 2.31 bits per heavy atom. The van der Waals surface area contributed by atoms with E-state index in [2.05, 4.69) is 10.2 Å². The summed E-state index contributed by atoms with van der Waals surface area (Å²) < 4.78 is 24.0. The highest BCUT2D eigenvalue weighted by Gasteiger charge is 2.39. The zero-order valence-electron chi connectivity index (χ0n) is 18.0. The van der Waals surface area contributed by atoms with Gasteiger partial charge in [-0.05, 0) is 48.4 Å². The van der Waals surface area contributed by atoms with E-state index in [0.29, 0.717) is 43.2 Å². The second-order valence-corrected chi connectivity index (χ2v) is 7.68. The number of carbonyl (C=O) groups is 2. The molecule has 7 nitrogen and oxygen atoms in total. The third kappa shape index (κ3) is 4.81. The van der Waals surface area contributed by atoms with Crippen LogP contribution in [0.15, 0.2) is 54.2 Å². The second kappa shape index (κ2) is 9.93. The van der Waals surface area contributed by atoms with Gasteiger partial charge in [-0.1, -0.05) is 12.1 Å². The Bertz CT molecular complexity index is 999. The van der Waals surface area contributed by atoms with Gasteiger partial charge in [-0.15, -0.1) is 0 Å². The lowest BCUT2D eigenvalue weighted by Crippen LogP contribution is -2.39. The number of nitrogens with zero attached hydrogens (tertiary/aromatic N) is 2. The number of hydrogen-bond acceptors (Lipinski definition) is 6. The molecule has 8 heteroatoms. The summed E-state index contributed by atoms with van der Waals surface area (Å²) in [6.45, 7) is 4.21. The number of nitrogens with one attached hydrogen (secondary N) is 1. The summed E-state index contributed by atoms with van der Waals surface area (Å²) in [6.07, 6.45) is 0.671. The van der Waals surface area contributed by atoms with Gasteiger partial charge in [-0.25, -0.2) is 4.39 Å². The molecule has 0 saturated carbocycles. The Balaban J connectivity index is 1.55. The minimum Gasteiger partial charge on any atom is -0.497 e. The van der Waals surface area contributed by atoms with E-state index in [1.807, 2.05) is 0 Å². The number of ether oxygens (including phenoxy) is 2. The normalized spacial score (nSPS) is 17.2. The lowest BCUT2D eigenvalue weighted by molar-refractivity contribution is -0.136. The summed E-state index contributed by atoms with van der Waals surface area (Å²) in [5.74, 6) is -0.480. The van der Waals surface area contributed by atoms with Crippen LogP contribution in [0, 0.1) is 5.82 Å². The number of amides is 2. The van der Waals surface area contributed by atoms with Gasteiger partial charge in [0.15, 0.2) is 0 Å². The van der Waals surface area contributed by atoms with Crippen molar-refractivity contribution in [2.45, 2.75) is 6.42 Å². The van der Waals surface area contributed by atoms with Gasteiger partial charge in [0.2, 0.25) is 0 Å². The number of benzene rings is 2. The maximum atomic E-state index is 13.5. The van der Waals surface area contributed by atoms with Crippen LogP contribution in [0.3, 0.4) is 0 Å². The molecule has 2 aromatic rings. The van der Waals surface area contributed by atoms with Gasteiger partial charge in [-0.2, -0.15) is 0 Å². The minimum atomic E-state index is -0.404. The zero-order valence-corrected chi connectivity index (χ0v) is 18.0. The Morgan fingerprint density at radius 2 is 1.66 bits per heavy atom. The number of hydrogen-bond donors (Lipinski definition) is 1. The molecule has 0 bridgehead atoms. The minimum absolute atomic E-state index is 0.193. The molecule has 2 aliphatic heterocycles. The topological polar surface area (TPSA) is 71.1 Å². The van der Waals surface area contributed by atoms with Gasteiger partial charge in [-0.3, -0.25) is 19.4 Å². The van der Waals surface area contributed by atoms with Crippen LogP contribution >= 0.6 is 0 Å². The smallest absolute Gasteiger partial charge is 0.278 e. The van der Waals surface area contributed by atoms with Crippen LogP contribution in [0.5, 0.6) is 5.75 Å². The van der Waals surface area contributed by atoms with Gasteiger partial charge in [0.25, 0.3) is 11.8 Å². The molecule has 1 fully saturated rings. The first-order valence-corrected chi connectivity index (χ1v) is 10.6. The van der Waals surface area contributed by atoms with Gasteiger partial charge < -0.3 is 14.8 Å². The fourth-order valence-corrected chi connectivity index (χ4v) is 3.88. The van der Waals surface area contributed by atoms with E-state index in [9.17, 15) is 14.0 Å². The molecule has 0 spiro atoms. The highest BCUT2D eigenvalue weighted by molar-refractivity contribution is 6.36. The highest BCUT2D eigenvalue weighted by Crippen LogP contribution is 2.31. The predicted molar refractivity (Wildman–Crippen MR) is 119 cm³/mol. The maximum absolute atomic E-state index is 13.5. The monoisotopic (exact) mass is 439 g/mol. The van der Waals surface area contributed by atoms with Crippen LogP contribution in [0.25, 0.3) is 5.57 Å². The van der Waals surface area contributed by atoms with Crippen molar-refractivity contribution >= 4 is 23.1 Å². The average molecular weight is 439 g/mol. The number of carbonyl (C=O) groups excluding carboxylic acids is 2.